The van der Waals surface area contributed by atoms with Crippen molar-refractivity contribution in [1.29, 1.82) is 5.41 Å². The molecule has 0 spiro atoms. The van der Waals surface area contributed by atoms with Crippen LogP contribution < -0.4 is 0 Å². The van der Waals surface area contributed by atoms with E-state index in [-0.39, 0.29) is 0 Å². The molecule has 164 valence electrons. The van der Waals surface area contributed by atoms with Crippen LogP contribution in [-0.4, -0.2) is 6.21 Å². The number of furan rings is 1. The predicted octanol–water partition coefficient (Wildman–Crippen LogP) is 9.22. The number of hydrogen-bond donors (Lipinski definition) is 1. The minimum Gasteiger partial charge on any atom is -0.456 e. The van der Waals surface area contributed by atoms with Crippen LogP contribution in [0.25, 0.3) is 65.7 Å². The van der Waals surface area contributed by atoms with Gasteiger partial charge in [-0.2, -0.15) is 0 Å². The van der Waals surface area contributed by atoms with Crippen LogP contribution in [0.4, 0.5) is 0 Å². The largest absolute Gasteiger partial charge is 0.456 e. The van der Waals surface area contributed by atoms with Gasteiger partial charge >= 0.3 is 0 Å². The molecule has 2 heteroatoms. The highest BCUT2D eigenvalue weighted by Crippen LogP contribution is 2.36. The Bertz CT molecular complexity index is 1910. The zero-order chi connectivity index (χ0) is 23.4. The molecule has 1 N–H and O–H groups in total. The van der Waals surface area contributed by atoms with E-state index >= 15 is 0 Å². The lowest BCUT2D eigenvalue weighted by atomic mass is 9.94. The van der Waals surface area contributed by atoms with Crippen LogP contribution in [0, 0.1) is 5.41 Å². The van der Waals surface area contributed by atoms with E-state index in [1.54, 1.807) is 0 Å². The van der Waals surface area contributed by atoms with E-state index in [0.717, 1.165) is 33.1 Å². The first-order valence-electron chi connectivity index (χ1n) is 11.8. The smallest absolute Gasteiger partial charge is 0.136 e. The highest BCUT2D eigenvalue weighted by atomic mass is 16.3. The summed E-state index contributed by atoms with van der Waals surface area (Å²) in [7, 11) is 0. The molecule has 0 atom stereocenters. The number of nitrogens with one attached hydrogen (secondary N) is 1. The number of benzene rings is 6. The van der Waals surface area contributed by atoms with Crippen molar-refractivity contribution in [2.24, 2.45) is 0 Å². The van der Waals surface area contributed by atoms with Crippen molar-refractivity contribution in [3.63, 3.8) is 0 Å². The molecule has 1 aromatic heterocycles. The van der Waals surface area contributed by atoms with Crippen LogP contribution in [0.3, 0.4) is 0 Å². The summed E-state index contributed by atoms with van der Waals surface area (Å²) in [6.07, 6.45) is 1.40. The van der Waals surface area contributed by atoms with E-state index in [0.29, 0.717) is 0 Å². The van der Waals surface area contributed by atoms with Crippen molar-refractivity contribution in [2.75, 3.05) is 0 Å². The summed E-state index contributed by atoms with van der Waals surface area (Å²) in [5.41, 5.74) is 7.30. The van der Waals surface area contributed by atoms with Crippen molar-refractivity contribution < 1.29 is 4.42 Å². The van der Waals surface area contributed by atoms with E-state index in [4.69, 9.17) is 9.83 Å². The first-order chi connectivity index (χ1) is 17.3. The van der Waals surface area contributed by atoms with Crippen molar-refractivity contribution in [3.8, 4) is 22.3 Å². The lowest BCUT2D eigenvalue weighted by Gasteiger charge is -2.10. The number of rotatable bonds is 3. The second-order valence-corrected chi connectivity index (χ2v) is 8.98. The standard InChI is InChI=1S/C33H21NO/c34-20-27-7-4-8-32-33(27)30-19-25(14-16-31(30)35-32)23-13-15-28-26(17-23)12-10-22-9-11-24(18-29(22)28)21-5-2-1-3-6-21/h1-20,34H. The van der Waals surface area contributed by atoms with E-state index in [2.05, 4.69) is 91.0 Å². The average Bonchev–Trinajstić information content (AvgIpc) is 3.31. The van der Waals surface area contributed by atoms with Gasteiger partial charge in [0.1, 0.15) is 11.2 Å². The van der Waals surface area contributed by atoms with Crippen LogP contribution in [0.15, 0.2) is 120 Å². The zero-order valence-corrected chi connectivity index (χ0v) is 19.0. The minimum absolute atomic E-state index is 0.817. The molecular formula is C33H21NO. The molecule has 0 radical (unpaired) electrons. The van der Waals surface area contributed by atoms with Gasteiger partial charge in [-0.25, -0.2) is 0 Å². The Morgan fingerprint density at radius 1 is 0.486 bits per heavy atom. The summed E-state index contributed by atoms with van der Waals surface area (Å²) >= 11 is 0. The molecule has 0 bridgehead atoms. The quantitative estimate of drug-likeness (QED) is 0.213. The van der Waals surface area contributed by atoms with Crippen molar-refractivity contribution in [3.05, 3.63) is 121 Å². The van der Waals surface area contributed by atoms with Gasteiger partial charge in [-0.05, 0) is 74.1 Å². The molecule has 0 unspecified atom stereocenters. The molecule has 0 aliphatic heterocycles. The maximum Gasteiger partial charge on any atom is 0.136 e. The topological polar surface area (TPSA) is 37.0 Å². The molecule has 0 amide bonds. The fourth-order valence-corrected chi connectivity index (χ4v) is 5.20. The highest BCUT2D eigenvalue weighted by molar-refractivity contribution is 6.14. The molecule has 0 fully saturated rings. The molecule has 0 saturated carbocycles. The Morgan fingerprint density at radius 2 is 1.20 bits per heavy atom. The number of hydrogen-bond acceptors (Lipinski definition) is 2. The Balaban J connectivity index is 1.39. The molecule has 0 aliphatic carbocycles. The molecule has 7 aromatic rings. The Morgan fingerprint density at radius 3 is 2.09 bits per heavy atom. The summed E-state index contributed by atoms with van der Waals surface area (Å²) in [6, 6.07) is 40.6. The minimum atomic E-state index is 0.817. The van der Waals surface area contributed by atoms with Crippen molar-refractivity contribution >= 4 is 49.7 Å². The second-order valence-electron chi connectivity index (χ2n) is 8.98. The van der Waals surface area contributed by atoms with Crippen LogP contribution >= 0.6 is 0 Å². The lowest BCUT2D eigenvalue weighted by molar-refractivity contribution is 0.669. The first-order valence-corrected chi connectivity index (χ1v) is 11.8. The van der Waals surface area contributed by atoms with Crippen LogP contribution in [0.2, 0.25) is 0 Å². The monoisotopic (exact) mass is 447 g/mol. The molecule has 35 heavy (non-hydrogen) atoms. The molecule has 7 rings (SSSR count). The van der Waals surface area contributed by atoms with E-state index < -0.39 is 0 Å². The second kappa shape index (κ2) is 7.68. The Labute approximate surface area is 202 Å². The third-order valence-corrected chi connectivity index (χ3v) is 6.96. The maximum absolute atomic E-state index is 7.82. The van der Waals surface area contributed by atoms with Gasteiger partial charge in [-0.3, -0.25) is 0 Å². The van der Waals surface area contributed by atoms with Gasteiger partial charge in [0.05, 0.1) is 0 Å². The first kappa shape index (κ1) is 19.7. The highest BCUT2D eigenvalue weighted by Gasteiger charge is 2.12. The zero-order valence-electron chi connectivity index (χ0n) is 19.0. The van der Waals surface area contributed by atoms with Crippen molar-refractivity contribution in [1.82, 2.24) is 0 Å². The Hall–Kier alpha value is -4.69. The molecular weight excluding hydrogens is 426 g/mol. The maximum atomic E-state index is 7.82. The summed E-state index contributed by atoms with van der Waals surface area (Å²) in [6.45, 7) is 0. The molecule has 0 aliphatic rings. The normalized spacial score (nSPS) is 11.5. The van der Waals surface area contributed by atoms with Gasteiger partial charge in [0.25, 0.3) is 0 Å². The lowest BCUT2D eigenvalue weighted by Crippen LogP contribution is -1.84. The Kier molecular flexibility index (Phi) is 4.33. The van der Waals surface area contributed by atoms with Gasteiger partial charge in [0.2, 0.25) is 0 Å². The third kappa shape index (κ3) is 3.15. The van der Waals surface area contributed by atoms with Crippen LogP contribution in [0.5, 0.6) is 0 Å². The molecule has 6 aromatic carbocycles. The van der Waals surface area contributed by atoms with E-state index in [9.17, 15) is 0 Å². The summed E-state index contributed by atoms with van der Waals surface area (Å²) in [5, 5.41) is 14.8. The van der Waals surface area contributed by atoms with Gasteiger partial charge in [0, 0.05) is 22.6 Å². The van der Waals surface area contributed by atoms with Gasteiger partial charge in [0.15, 0.2) is 0 Å². The average molecular weight is 448 g/mol. The molecule has 0 saturated heterocycles. The fourth-order valence-electron chi connectivity index (χ4n) is 5.20. The van der Waals surface area contributed by atoms with Gasteiger partial charge in [-0.15, -0.1) is 0 Å². The predicted molar refractivity (Wildman–Crippen MR) is 147 cm³/mol. The fraction of sp³-hybridized carbons (Fsp3) is 0. The summed E-state index contributed by atoms with van der Waals surface area (Å²) in [4.78, 5) is 0. The van der Waals surface area contributed by atoms with Gasteiger partial charge in [-0.1, -0.05) is 84.9 Å². The van der Waals surface area contributed by atoms with Crippen LogP contribution in [0.1, 0.15) is 5.56 Å². The summed E-state index contributed by atoms with van der Waals surface area (Å²) in [5.74, 6) is 0. The van der Waals surface area contributed by atoms with E-state index in [1.165, 1.54) is 44.4 Å². The third-order valence-electron chi connectivity index (χ3n) is 6.96. The van der Waals surface area contributed by atoms with Crippen LogP contribution in [-0.2, 0) is 0 Å². The molecule has 1 heterocycles. The van der Waals surface area contributed by atoms with Crippen molar-refractivity contribution in [2.45, 2.75) is 0 Å². The number of fused-ring (bicyclic) bond motifs is 6. The van der Waals surface area contributed by atoms with Gasteiger partial charge < -0.3 is 9.83 Å². The van der Waals surface area contributed by atoms with E-state index in [1.807, 2.05) is 24.3 Å². The molecule has 2 nitrogen and oxygen atoms in total. The SMILES string of the molecule is N=Cc1cccc2oc3ccc(-c4ccc5c(ccc6ccc(-c7ccccc7)cc65)c4)cc3c12. The summed E-state index contributed by atoms with van der Waals surface area (Å²) < 4.78 is 6.05.